The lowest BCUT2D eigenvalue weighted by molar-refractivity contribution is -0.138. The van der Waals surface area contributed by atoms with E-state index >= 15 is 0 Å². The minimum Gasteiger partial charge on any atom is -0.345 e. The van der Waals surface area contributed by atoms with Crippen LogP contribution in [-0.2, 0) is 33.6 Å². The third-order valence-corrected chi connectivity index (χ3v) is 5.72. The van der Waals surface area contributed by atoms with Crippen LogP contribution in [0, 0.1) is 0 Å². The van der Waals surface area contributed by atoms with Gasteiger partial charge >= 0.3 is 6.18 Å². The molecule has 2 aliphatic heterocycles. The van der Waals surface area contributed by atoms with Crippen molar-refractivity contribution in [1.29, 1.82) is 0 Å². The number of benzene rings is 2. The second-order valence-corrected chi connectivity index (χ2v) is 7.98. The van der Waals surface area contributed by atoms with Gasteiger partial charge in [-0.2, -0.15) is 13.2 Å². The van der Waals surface area contributed by atoms with Gasteiger partial charge in [0.05, 0.1) is 5.56 Å². The van der Waals surface area contributed by atoms with Crippen LogP contribution in [0.25, 0.3) is 0 Å². The number of carbonyl (C=O) groups excluding carboxylic acids is 5. The number of ketones is 1. The third kappa shape index (κ3) is 4.54. The van der Waals surface area contributed by atoms with Gasteiger partial charge in [0.15, 0.2) is 0 Å². The summed E-state index contributed by atoms with van der Waals surface area (Å²) in [6, 6.07) is 7.41. The van der Waals surface area contributed by atoms with E-state index in [0.29, 0.717) is 16.7 Å². The van der Waals surface area contributed by atoms with E-state index in [0.717, 1.165) is 24.3 Å². The fourth-order valence-electron chi connectivity index (χ4n) is 3.94. The molecule has 2 N–H and O–H groups in total. The van der Waals surface area contributed by atoms with Crippen molar-refractivity contribution in [2.75, 3.05) is 0 Å². The molecule has 1 unspecified atom stereocenters. The molecular formula is C23H18F3N3O5. The Hall–Kier alpha value is -4.02. The Morgan fingerprint density at radius 2 is 1.76 bits per heavy atom. The first-order valence-electron chi connectivity index (χ1n) is 10.3. The minimum absolute atomic E-state index is 0.0505. The highest BCUT2D eigenvalue weighted by Gasteiger charge is 2.39. The highest BCUT2D eigenvalue weighted by molar-refractivity contribution is 6.42. The Balaban J connectivity index is 1.39. The molecular weight excluding hydrogens is 455 g/mol. The Kier molecular flexibility index (Phi) is 5.94. The van der Waals surface area contributed by atoms with Crippen molar-refractivity contribution in [3.05, 3.63) is 70.3 Å². The lowest BCUT2D eigenvalue weighted by Crippen LogP contribution is -2.52. The van der Waals surface area contributed by atoms with E-state index in [4.69, 9.17) is 0 Å². The van der Waals surface area contributed by atoms with Crippen molar-refractivity contribution in [2.45, 2.75) is 38.1 Å². The van der Waals surface area contributed by atoms with Crippen LogP contribution < -0.4 is 10.6 Å². The quantitative estimate of drug-likeness (QED) is 0.392. The second kappa shape index (κ2) is 8.73. The van der Waals surface area contributed by atoms with E-state index in [1.54, 1.807) is 18.2 Å². The van der Waals surface area contributed by atoms with Gasteiger partial charge in [-0.05, 0) is 35.7 Å². The number of halogens is 3. The monoisotopic (exact) mass is 473 g/mol. The Labute approximate surface area is 191 Å². The molecule has 0 spiro atoms. The van der Waals surface area contributed by atoms with E-state index in [2.05, 4.69) is 10.6 Å². The third-order valence-electron chi connectivity index (χ3n) is 5.72. The number of rotatable bonds is 5. The molecule has 1 saturated heterocycles. The van der Waals surface area contributed by atoms with Gasteiger partial charge in [-0.3, -0.25) is 29.3 Å². The number of nitrogens with one attached hydrogen (secondary N) is 2. The summed E-state index contributed by atoms with van der Waals surface area (Å²) in [4.78, 5) is 62.0. The molecule has 176 valence electrons. The molecule has 0 saturated carbocycles. The number of alkyl halides is 3. The van der Waals surface area contributed by atoms with Gasteiger partial charge in [-0.25, -0.2) is 0 Å². The van der Waals surface area contributed by atoms with Crippen molar-refractivity contribution < 1.29 is 37.1 Å². The molecule has 2 aromatic rings. The highest BCUT2D eigenvalue weighted by atomic mass is 19.4. The second-order valence-electron chi connectivity index (χ2n) is 7.98. The number of carbonyl (C=O) groups is 5. The summed E-state index contributed by atoms with van der Waals surface area (Å²) < 4.78 is 37.9. The summed E-state index contributed by atoms with van der Waals surface area (Å²) in [7, 11) is 0. The maximum atomic E-state index is 12.7. The number of amides is 4. The molecule has 8 nitrogen and oxygen atoms in total. The average molecular weight is 473 g/mol. The normalized spacial score (nSPS) is 17.9. The number of fused-ring (bicyclic) bond motifs is 1. The molecule has 1 fully saturated rings. The van der Waals surface area contributed by atoms with Gasteiger partial charge in [0.2, 0.25) is 17.6 Å². The van der Waals surface area contributed by atoms with Crippen LogP contribution in [-0.4, -0.2) is 40.4 Å². The molecule has 1 atom stereocenters. The predicted molar refractivity (Wildman–Crippen MR) is 110 cm³/mol. The average Bonchev–Trinajstić information content (AvgIpc) is 3.12. The number of Topliss-reactive ketones (excluding diaryl/α,β-unsaturated/α-hetero) is 1. The maximum Gasteiger partial charge on any atom is 0.416 e. The van der Waals surface area contributed by atoms with Gasteiger partial charge in [0, 0.05) is 30.6 Å². The standard InChI is InChI=1S/C23H18F3N3O5/c24-23(25,26)15-4-2-13(3-5-15)19(31)21(33)27-10-12-1-6-16-14(9-12)11-29(22(16)34)17-7-8-18(30)28-20(17)32/h1-6,9,17H,7-8,10-11H2,(H,27,33)(H,28,30,32). The zero-order valence-corrected chi connectivity index (χ0v) is 17.6. The Morgan fingerprint density at radius 1 is 1.06 bits per heavy atom. The molecule has 0 aromatic heterocycles. The van der Waals surface area contributed by atoms with E-state index in [1.165, 1.54) is 4.90 Å². The fourth-order valence-corrected chi connectivity index (χ4v) is 3.94. The molecule has 0 aliphatic carbocycles. The van der Waals surface area contributed by atoms with Crippen LogP contribution in [0.2, 0.25) is 0 Å². The van der Waals surface area contributed by atoms with Gasteiger partial charge in [0.1, 0.15) is 6.04 Å². The van der Waals surface area contributed by atoms with Crippen molar-refractivity contribution in [3.8, 4) is 0 Å². The van der Waals surface area contributed by atoms with E-state index in [1.807, 2.05) is 0 Å². The van der Waals surface area contributed by atoms with Crippen molar-refractivity contribution >= 4 is 29.4 Å². The van der Waals surface area contributed by atoms with Gasteiger partial charge in [-0.15, -0.1) is 0 Å². The van der Waals surface area contributed by atoms with E-state index < -0.39 is 35.4 Å². The first kappa shape index (κ1) is 23.1. The van der Waals surface area contributed by atoms with Crippen molar-refractivity contribution in [1.82, 2.24) is 15.5 Å². The van der Waals surface area contributed by atoms with Crippen molar-refractivity contribution in [2.24, 2.45) is 0 Å². The molecule has 2 aliphatic rings. The summed E-state index contributed by atoms with van der Waals surface area (Å²) in [6.07, 6.45) is -4.17. The number of hydrogen-bond acceptors (Lipinski definition) is 5. The van der Waals surface area contributed by atoms with Crippen molar-refractivity contribution in [3.63, 3.8) is 0 Å². The summed E-state index contributed by atoms with van der Waals surface area (Å²) in [6.45, 7) is 0.109. The molecule has 0 bridgehead atoms. The first-order valence-corrected chi connectivity index (χ1v) is 10.3. The SMILES string of the molecule is O=C1CCC(N2Cc3cc(CNC(=O)C(=O)c4ccc(C(F)(F)F)cc4)ccc3C2=O)C(=O)N1. The van der Waals surface area contributed by atoms with Gasteiger partial charge < -0.3 is 10.2 Å². The largest absolute Gasteiger partial charge is 0.416 e. The van der Waals surface area contributed by atoms with Crippen LogP contribution in [0.4, 0.5) is 13.2 Å². The van der Waals surface area contributed by atoms with Crippen LogP contribution in [0.1, 0.15) is 50.2 Å². The number of piperidine rings is 1. The van der Waals surface area contributed by atoms with E-state index in [9.17, 15) is 37.1 Å². The first-order chi connectivity index (χ1) is 16.0. The summed E-state index contributed by atoms with van der Waals surface area (Å²) in [5.41, 5.74) is 0.523. The zero-order valence-electron chi connectivity index (χ0n) is 17.6. The number of nitrogens with zero attached hydrogens (tertiary/aromatic N) is 1. The topological polar surface area (TPSA) is 113 Å². The van der Waals surface area contributed by atoms with Crippen LogP contribution >= 0.6 is 0 Å². The summed E-state index contributed by atoms with van der Waals surface area (Å²) in [5.74, 6) is -3.20. The Bertz CT molecular complexity index is 1210. The molecule has 4 amide bonds. The molecule has 0 radical (unpaired) electrons. The fraction of sp³-hybridized carbons (Fsp3) is 0.261. The summed E-state index contributed by atoms with van der Waals surface area (Å²) >= 11 is 0. The number of hydrogen-bond donors (Lipinski definition) is 2. The molecule has 11 heteroatoms. The molecule has 34 heavy (non-hydrogen) atoms. The molecule has 4 rings (SSSR count). The van der Waals surface area contributed by atoms with Crippen LogP contribution in [0.3, 0.4) is 0 Å². The van der Waals surface area contributed by atoms with Crippen LogP contribution in [0.5, 0.6) is 0 Å². The number of imide groups is 1. The lowest BCUT2D eigenvalue weighted by Gasteiger charge is -2.29. The highest BCUT2D eigenvalue weighted by Crippen LogP contribution is 2.30. The lowest BCUT2D eigenvalue weighted by atomic mass is 10.0. The smallest absolute Gasteiger partial charge is 0.345 e. The maximum absolute atomic E-state index is 12.7. The molecule has 2 aromatic carbocycles. The minimum atomic E-state index is -4.55. The zero-order chi connectivity index (χ0) is 24.6. The molecule has 2 heterocycles. The Morgan fingerprint density at radius 3 is 2.41 bits per heavy atom. The van der Waals surface area contributed by atoms with Gasteiger partial charge in [0.25, 0.3) is 11.8 Å². The van der Waals surface area contributed by atoms with E-state index in [-0.39, 0.29) is 43.3 Å². The van der Waals surface area contributed by atoms with Gasteiger partial charge in [-0.1, -0.05) is 24.3 Å². The van der Waals surface area contributed by atoms with Crippen LogP contribution in [0.15, 0.2) is 42.5 Å². The predicted octanol–water partition coefficient (Wildman–Crippen LogP) is 1.97. The summed E-state index contributed by atoms with van der Waals surface area (Å²) in [5, 5.41) is 4.65.